The van der Waals surface area contributed by atoms with Crippen molar-refractivity contribution in [1.82, 2.24) is 5.32 Å². The van der Waals surface area contributed by atoms with E-state index >= 15 is 0 Å². The number of benzene rings is 1. The van der Waals surface area contributed by atoms with E-state index in [-0.39, 0.29) is 12.0 Å². The van der Waals surface area contributed by atoms with Crippen LogP contribution in [0, 0.1) is 5.92 Å². The van der Waals surface area contributed by atoms with Crippen molar-refractivity contribution in [3.8, 4) is 0 Å². The monoisotopic (exact) mass is 305 g/mol. The van der Waals surface area contributed by atoms with Gasteiger partial charge in [-0.3, -0.25) is 0 Å². The number of hydrogen-bond acceptors (Lipinski definition) is 2. The van der Waals surface area contributed by atoms with Crippen LogP contribution < -0.4 is 5.32 Å². The third-order valence-electron chi connectivity index (χ3n) is 2.44. The molecule has 90 valence electrons. The van der Waals surface area contributed by atoms with Crippen molar-refractivity contribution in [2.75, 3.05) is 6.54 Å². The second kappa shape index (κ2) is 6.60. The highest BCUT2D eigenvalue weighted by Gasteiger charge is 2.08. The zero-order chi connectivity index (χ0) is 12.1. The summed E-state index contributed by atoms with van der Waals surface area (Å²) in [5, 5.41) is 13.5. The van der Waals surface area contributed by atoms with Crippen molar-refractivity contribution < 1.29 is 5.11 Å². The number of nitrogens with one attached hydrogen (secondary N) is 1. The van der Waals surface area contributed by atoms with Gasteiger partial charge in [0.05, 0.1) is 11.1 Å². The molecule has 0 aliphatic heterocycles. The van der Waals surface area contributed by atoms with Crippen LogP contribution in [0.25, 0.3) is 0 Å². The van der Waals surface area contributed by atoms with Crippen LogP contribution in [-0.2, 0) is 6.54 Å². The van der Waals surface area contributed by atoms with Gasteiger partial charge in [0.2, 0.25) is 0 Å². The molecule has 0 saturated carbocycles. The molecule has 2 N–H and O–H groups in total. The van der Waals surface area contributed by atoms with Crippen molar-refractivity contribution in [3.05, 3.63) is 33.3 Å². The van der Waals surface area contributed by atoms with Gasteiger partial charge in [0.1, 0.15) is 0 Å². The molecule has 16 heavy (non-hydrogen) atoms. The first-order chi connectivity index (χ1) is 7.50. The number of aliphatic hydroxyl groups excluding tert-OH is 1. The van der Waals surface area contributed by atoms with Crippen LogP contribution >= 0.6 is 27.5 Å². The van der Waals surface area contributed by atoms with Gasteiger partial charge in [-0.05, 0) is 39.5 Å². The fourth-order valence-electron chi connectivity index (χ4n) is 1.25. The average Bonchev–Trinajstić information content (AvgIpc) is 2.23. The molecule has 0 saturated heterocycles. The highest BCUT2D eigenvalue weighted by atomic mass is 79.9. The molecule has 0 fully saturated rings. The van der Waals surface area contributed by atoms with Gasteiger partial charge in [-0.2, -0.15) is 0 Å². The molecular weight excluding hydrogens is 289 g/mol. The van der Waals surface area contributed by atoms with E-state index in [1.54, 1.807) is 0 Å². The van der Waals surface area contributed by atoms with Gasteiger partial charge >= 0.3 is 0 Å². The second-order valence-corrected chi connectivity index (χ2v) is 5.45. The number of rotatable bonds is 5. The molecule has 0 spiro atoms. The van der Waals surface area contributed by atoms with Crippen molar-refractivity contribution in [3.63, 3.8) is 0 Å². The maximum atomic E-state index is 9.61. The molecule has 2 nitrogen and oxygen atoms in total. The van der Waals surface area contributed by atoms with Gasteiger partial charge < -0.3 is 10.4 Å². The largest absolute Gasteiger partial charge is 0.392 e. The third kappa shape index (κ3) is 4.42. The molecule has 1 rings (SSSR count). The molecular formula is C12H17BrClNO. The van der Waals surface area contributed by atoms with Gasteiger partial charge in [-0.25, -0.2) is 0 Å². The van der Waals surface area contributed by atoms with Crippen LogP contribution in [0.3, 0.4) is 0 Å². The smallest absolute Gasteiger partial charge is 0.0687 e. The predicted octanol–water partition coefficient (Wildman–Crippen LogP) is 3.21. The summed E-state index contributed by atoms with van der Waals surface area (Å²) >= 11 is 9.33. The van der Waals surface area contributed by atoms with E-state index in [0.717, 1.165) is 16.6 Å². The van der Waals surface area contributed by atoms with Crippen molar-refractivity contribution in [2.24, 2.45) is 5.92 Å². The van der Waals surface area contributed by atoms with Crippen molar-refractivity contribution in [2.45, 2.75) is 26.5 Å². The minimum absolute atomic E-state index is 0.279. The summed E-state index contributed by atoms with van der Waals surface area (Å²) in [6.07, 6.45) is -0.300. The lowest BCUT2D eigenvalue weighted by Crippen LogP contribution is -2.30. The van der Waals surface area contributed by atoms with Gasteiger partial charge in [0.15, 0.2) is 0 Å². The molecule has 0 heterocycles. The first-order valence-electron chi connectivity index (χ1n) is 5.33. The lowest BCUT2D eigenvalue weighted by Gasteiger charge is -2.15. The minimum Gasteiger partial charge on any atom is -0.392 e. The third-order valence-corrected chi connectivity index (χ3v) is 3.67. The fraction of sp³-hybridized carbons (Fsp3) is 0.500. The Morgan fingerprint density at radius 3 is 2.69 bits per heavy atom. The van der Waals surface area contributed by atoms with E-state index in [9.17, 15) is 5.11 Å². The average molecular weight is 307 g/mol. The zero-order valence-corrected chi connectivity index (χ0v) is 11.8. The molecule has 0 amide bonds. The first-order valence-corrected chi connectivity index (χ1v) is 6.50. The highest BCUT2D eigenvalue weighted by molar-refractivity contribution is 9.10. The van der Waals surface area contributed by atoms with Crippen LogP contribution in [0.15, 0.2) is 22.7 Å². The van der Waals surface area contributed by atoms with E-state index in [1.165, 1.54) is 0 Å². The molecule has 0 aliphatic carbocycles. The summed E-state index contributed by atoms with van der Waals surface area (Å²) in [4.78, 5) is 0. The summed E-state index contributed by atoms with van der Waals surface area (Å²) in [6, 6.07) is 5.85. The molecule has 4 heteroatoms. The Hall–Kier alpha value is -0.0900. The molecule has 0 aromatic heterocycles. The molecule has 0 aliphatic rings. The van der Waals surface area contributed by atoms with Gasteiger partial charge in [0.25, 0.3) is 0 Å². The Bertz CT molecular complexity index is 344. The first kappa shape index (κ1) is 14.0. The molecule has 0 radical (unpaired) electrons. The topological polar surface area (TPSA) is 32.3 Å². The Labute approximate surface area is 110 Å². The van der Waals surface area contributed by atoms with E-state index < -0.39 is 0 Å². The molecule has 1 aromatic carbocycles. The van der Waals surface area contributed by atoms with Crippen LogP contribution in [0.1, 0.15) is 19.4 Å². The fourth-order valence-corrected chi connectivity index (χ4v) is 1.70. The van der Waals surface area contributed by atoms with Crippen LogP contribution in [0.5, 0.6) is 0 Å². The zero-order valence-electron chi connectivity index (χ0n) is 9.50. The Morgan fingerprint density at radius 1 is 1.44 bits per heavy atom. The SMILES string of the molecule is CC(C)C(O)CNCc1ccc(Br)c(Cl)c1. The molecule has 1 aromatic rings. The van der Waals surface area contributed by atoms with Gasteiger partial charge in [0, 0.05) is 17.6 Å². The van der Waals surface area contributed by atoms with E-state index in [4.69, 9.17) is 11.6 Å². The molecule has 1 unspecified atom stereocenters. The molecule has 1 atom stereocenters. The summed E-state index contributed by atoms with van der Waals surface area (Å²) in [7, 11) is 0. The van der Waals surface area contributed by atoms with Crippen LogP contribution in [0.2, 0.25) is 5.02 Å². The van der Waals surface area contributed by atoms with Crippen molar-refractivity contribution in [1.29, 1.82) is 0 Å². The Morgan fingerprint density at radius 2 is 2.12 bits per heavy atom. The van der Waals surface area contributed by atoms with Gasteiger partial charge in [-0.1, -0.05) is 31.5 Å². The standard InChI is InChI=1S/C12H17BrClNO/c1-8(2)12(16)7-15-6-9-3-4-10(13)11(14)5-9/h3-5,8,12,15-16H,6-7H2,1-2H3. The summed E-state index contributed by atoms with van der Waals surface area (Å²) in [5.74, 6) is 0.279. The van der Waals surface area contributed by atoms with E-state index in [2.05, 4.69) is 21.2 Å². The summed E-state index contributed by atoms with van der Waals surface area (Å²) in [6.45, 7) is 5.33. The Balaban J connectivity index is 2.40. The number of hydrogen-bond donors (Lipinski definition) is 2. The maximum Gasteiger partial charge on any atom is 0.0687 e. The van der Waals surface area contributed by atoms with Crippen molar-refractivity contribution >= 4 is 27.5 Å². The van der Waals surface area contributed by atoms with E-state index in [0.29, 0.717) is 11.6 Å². The number of aliphatic hydroxyl groups is 1. The van der Waals surface area contributed by atoms with E-state index in [1.807, 2.05) is 32.0 Å². The second-order valence-electron chi connectivity index (χ2n) is 4.19. The lowest BCUT2D eigenvalue weighted by atomic mass is 10.1. The maximum absolute atomic E-state index is 9.61. The molecule has 0 bridgehead atoms. The van der Waals surface area contributed by atoms with Crippen LogP contribution in [0.4, 0.5) is 0 Å². The van der Waals surface area contributed by atoms with Gasteiger partial charge in [-0.15, -0.1) is 0 Å². The normalized spacial score (nSPS) is 13.1. The quantitative estimate of drug-likeness (QED) is 0.875. The summed E-state index contributed by atoms with van der Waals surface area (Å²) in [5.41, 5.74) is 1.11. The number of halogens is 2. The highest BCUT2D eigenvalue weighted by Crippen LogP contribution is 2.23. The van der Waals surface area contributed by atoms with Crippen LogP contribution in [-0.4, -0.2) is 17.8 Å². The minimum atomic E-state index is -0.300. The Kier molecular flexibility index (Phi) is 5.76. The lowest BCUT2D eigenvalue weighted by molar-refractivity contribution is 0.123. The summed E-state index contributed by atoms with van der Waals surface area (Å²) < 4.78 is 0.903. The predicted molar refractivity (Wildman–Crippen MR) is 71.7 cm³/mol.